The van der Waals surface area contributed by atoms with Crippen LogP contribution >= 0.6 is 11.3 Å². The van der Waals surface area contributed by atoms with Crippen LogP contribution in [0.3, 0.4) is 0 Å². The molecule has 0 unspecified atom stereocenters. The van der Waals surface area contributed by atoms with Gasteiger partial charge in [0.25, 0.3) is 0 Å². The summed E-state index contributed by atoms with van der Waals surface area (Å²) in [4.78, 5) is 16.6. The maximum absolute atomic E-state index is 13.5. The number of ketones is 1. The lowest BCUT2D eigenvalue weighted by molar-refractivity contribution is 0.103. The van der Waals surface area contributed by atoms with Gasteiger partial charge in [0.2, 0.25) is 5.78 Å². The molecule has 0 aliphatic heterocycles. The number of hydrogen-bond acceptors (Lipinski definition) is 5. The minimum Gasteiger partial charge on any atom is -0.361 e. The molecule has 100 valence electrons. The van der Waals surface area contributed by atoms with E-state index < -0.39 is 5.82 Å². The third-order valence-electron chi connectivity index (χ3n) is 2.51. The molecule has 0 saturated heterocycles. The summed E-state index contributed by atoms with van der Waals surface area (Å²) in [5.74, 6) is -0.860. The fraction of sp³-hybridized carbons (Fsp3) is 0.231. The van der Waals surface area contributed by atoms with Crippen molar-refractivity contribution in [3.8, 4) is 0 Å². The molecule has 0 saturated carbocycles. The van der Waals surface area contributed by atoms with Crippen molar-refractivity contribution in [1.29, 1.82) is 0 Å². The van der Waals surface area contributed by atoms with Crippen molar-refractivity contribution in [3.63, 3.8) is 0 Å². The van der Waals surface area contributed by atoms with Gasteiger partial charge >= 0.3 is 0 Å². The highest BCUT2D eigenvalue weighted by molar-refractivity contribution is 7.17. The molecule has 0 fully saturated rings. The third-order valence-corrected chi connectivity index (χ3v) is 3.46. The van der Waals surface area contributed by atoms with Crippen LogP contribution in [-0.4, -0.2) is 23.9 Å². The van der Waals surface area contributed by atoms with Gasteiger partial charge in [0.1, 0.15) is 5.82 Å². The van der Waals surface area contributed by atoms with Crippen LogP contribution in [0.5, 0.6) is 0 Å². The number of hydrogen-bond donors (Lipinski definition) is 2. The molecule has 6 heteroatoms. The minimum atomic E-state index is -0.515. The first-order valence-corrected chi connectivity index (χ1v) is 6.73. The highest BCUT2D eigenvalue weighted by atomic mass is 32.1. The highest BCUT2D eigenvalue weighted by Gasteiger charge is 2.16. The number of carbonyl (C=O) groups excluding carboxylic acids is 1. The number of anilines is 1. The number of rotatable bonds is 6. The number of thiazole rings is 1. The van der Waals surface area contributed by atoms with Crippen molar-refractivity contribution < 1.29 is 9.18 Å². The second-order valence-corrected chi connectivity index (χ2v) is 4.94. The Morgan fingerprint density at radius 3 is 2.95 bits per heavy atom. The first-order valence-electron chi connectivity index (χ1n) is 5.91. The summed E-state index contributed by atoms with van der Waals surface area (Å²) in [7, 11) is 0. The highest BCUT2D eigenvalue weighted by Crippen LogP contribution is 2.22. The summed E-state index contributed by atoms with van der Waals surface area (Å²) < 4.78 is 13.5. The maximum atomic E-state index is 13.5. The molecule has 3 N–H and O–H groups in total. The van der Waals surface area contributed by atoms with E-state index in [0.29, 0.717) is 23.1 Å². The second-order valence-electron chi connectivity index (χ2n) is 3.91. The Morgan fingerprint density at radius 2 is 2.21 bits per heavy atom. The zero-order chi connectivity index (χ0) is 13.7. The topological polar surface area (TPSA) is 68.0 Å². The van der Waals surface area contributed by atoms with E-state index in [4.69, 9.17) is 5.73 Å². The normalized spacial score (nSPS) is 10.4. The Morgan fingerprint density at radius 1 is 1.42 bits per heavy atom. The maximum Gasteiger partial charge on any atom is 0.207 e. The number of aromatic nitrogens is 1. The Labute approximate surface area is 114 Å². The van der Waals surface area contributed by atoms with Crippen LogP contribution in [0.4, 0.5) is 9.52 Å². The van der Waals surface area contributed by atoms with Crippen LogP contribution in [0.25, 0.3) is 0 Å². The van der Waals surface area contributed by atoms with E-state index >= 15 is 0 Å². The van der Waals surface area contributed by atoms with Crippen LogP contribution in [0, 0.1) is 5.82 Å². The van der Waals surface area contributed by atoms with Gasteiger partial charge in [0.05, 0.1) is 16.6 Å². The molecule has 1 aromatic heterocycles. The molecule has 0 spiro atoms. The molecule has 0 radical (unpaired) electrons. The number of nitrogens with two attached hydrogens (primary N) is 1. The number of halogens is 1. The van der Waals surface area contributed by atoms with Gasteiger partial charge in [-0.1, -0.05) is 23.5 Å². The van der Waals surface area contributed by atoms with Gasteiger partial charge in [-0.05, 0) is 25.1 Å². The van der Waals surface area contributed by atoms with Crippen molar-refractivity contribution in [1.82, 2.24) is 4.98 Å². The minimum absolute atomic E-state index is 0.0691. The summed E-state index contributed by atoms with van der Waals surface area (Å²) in [5.41, 5.74) is 5.46. The predicted molar refractivity (Wildman–Crippen MR) is 74.1 cm³/mol. The molecule has 1 aromatic carbocycles. The first-order chi connectivity index (χ1) is 9.22. The molecular weight excluding hydrogens is 265 g/mol. The van der Waals surface area contributed by atoms with Crippen LogP contribution in [0.15, 0.2) is 30.5 Å². The molecule has 0 atom stereocenters. The predicted octanol–water partition coefficient (Wildman–Crippen LogP) is 2.27. The van der Waals surface area contributed by atoms with Gasteiger partial charge in [0, 0.05) is 6.54 Å². The molecule has 19 heavy (non-hydrogen) atoms. The van der Waals surface area contributed by atoms with Crippen molar-refractivity contribution >= 4 is 22.3 Å². The molecule has 2 aromatic rings. The monoisotopic (exact) mass is 279 g/mol. The summed E-state index contributed by atoms with van der Waals surface area (Å²) >= 11 is 1.22. The number of benzene rings is 1. The fourth-order valence-electron chi connectivity index (χ4n) is 1.54. The standard InChI is InChI=1S/C13H14FN3OS/c14-10-5-2-1-4-9(10)12(18)11-8-17-13(19-11)16-7-3-6-15/h1-2,4-5,8H,3,6-7,15H2,(H,16,17). The molecular formula is C13H14FN3OS. The Hall–Kier alpha value is -1.79. The number of carbonyl (C=O) groups is 1. The van der Waals surface area contributed by atoms with Crippen molar-refractivity contribution in [2.24, 2.45) is 5.73 Å². The summed E-state index contributed by atoms with van der Waals surface area (Å²) in [5, 5.41) is 3.71. The van der Waals surface area contributed by atoms with Gasteiger partial charge in [-0.15, -0.1) is 0 Å². The van der Waals surface area contributed by atoms with Gasteiger partial charge in [-0.3, -0.25) is 4.79 Å². The van der Waals surface area contributed by atoms with E-state index in [2.05, 4.69) is 10.3 Å². The van der Waals surface area contributed by atoms with Crippen LogP contribution in [-0.2, 0) is 0 Å². The smallest absolute Gasteiger partial charge is 0.207 e. The fourth-order valence-corrected chi connectivity index (χ4v) is 2.33. The van der Waals surface area contributed by atoms with Crippen LogP contribution in [0.2, 0.25) is 0 Å². The van der Waals surface area contributed by atoms with E-state index in [0.717, 1.165) is 6.42 Å². The Balaban J connectivity index is 2.10. The Bertz CT molecular complexity index is 571. The number of nitrogens with one attached hydrogen (secondary N) is 1. The van der Waals surface area contributed by atoms with Crippen molar-refractivity contribution in [2.45, 2.75) is 6.42 Å². The second kappa shape index (κ2) is 6.40. The van der Waals surface area contributed by atoms with Crippen LogP contribution < -0.4 is 11.1 Å². The zero-order valence-corrected chi connectivity index (χ0v) is 11.0. The van der Waals surface area contributed by atoms with Crippen molar-refractivity contribution in [3.05, 3.63) is 46.7 Å². The molecule has 0 aliphatic rings. The molecule has 0 bridgehead atoms. The lowest BCUT2D eigenvalue weighted by Crippen LogP contribution is -2.07. The average Bonchev–Trinajstić information content (AvgIpc) is 2.88. The van der Waals surface area contributed by atoms with E-state index in [1.54, 1.807) is 12.1 Å². The SMILES string of the molecule is NCCCNc1ncc(C(=O)c2ccccc2F)s1. The molecule has 1 heterocycles. The zero-order valence-electron chi connectivity index (χ0n) is 10.2. The summed E-state index contributed by atoms with van der Waals surface area (Å²) in [6.07, 6.45) is 2.29. The van der Waals surface area contributed by atoms with Crippen LogP contribution in [0.1, 0.15) is 21.7 Å². The van der Waals surface area contributed by atoms with Crippen molar-refractivity contribution in [2.75, 3.05) is 18.4 Å². The molecule has 0 aliphatic carbocycles. The summed E-state index contributed by atoms with van der Waals surface area (Å²) in [6.45, 7) is 1.30. The quantitative estimate of drug-likeness (QED) is 0.629. The van der Waals surface area contributed by atoms with Gasteiger partial charge in [0.15, 0.2) is 5.13 Å². The van der Waals surface area contributed by atoms with Gasteiger partial charge in [-0.2, -0.15) is 0 Å². The molecule has 0 amide bonds. The summed E-state index contributed by atoms with van der Waals surface area (Å²) in [6, 6.07) is 5.93. The van der Waals surface area contributed by atoms with E-state index in [1.165, 1.54) is 29.7 Å². The average molecular weight is 279 g/mol. The van der Waals surface area contributed by atoms with Gasteiger partial charge in [-0.25, -0.2) is 9.37 Å². The molecule has 4 nitrogen and oxygen atoms in total. The van der Waals surface area contributed by atoms with E-state index in [-0.39, 0.29) is 11.3 Å². The number of nitrogens with zero attached hydrogens (tertiary/aromatic N) is 1. The molecule has 2 rings (SSSR count). The van der Waals surface area contributed by atoms with E-state index in [1.807, 2.05) is 0 Å². The largest absolute Gasteiger partial charge is 0.361 e. The first kappa shape index (κ1) is 13.6. The lowest BCUT2D eigenvalue weighted by atomic mass is 10.1. The van der Waals surface area contributed by atoms with Gasteiger partial charge < -0.3 is 11.1 Å². The Kier molecular flexibility index (Phi) is 4.59. The van der Waals surface area contributed by atoms with E-state index in [9.17, 15) is 9.18 Å². The lowest BCUT2D eigenvalue weighted by Gasteiger charge is -2.00. The third kappa shape index (κ3) is 3.36.